The van der Waals surface area contributed by atoms with Gasteiger partial charge in [-0.3, -0.25) is 4.79 Å². The summed E-state index contributed by atoms with van der Waals surface area (Å²) in [6.07, 6.45) is 2.86. The van der Waals surface area contributed by atoms with Crippen LogP contribution < -0.4 is 14.8 Å². The van der Waals surface area contributed by atoms with Gasteiger partial charge in [-0.2, -0.15) is 0 Å². The first-order valence-corrected chi connectivity index (χ1v) is 7.56. The van der Waals surface area contributed by atoms with Crippen molar-refractivity contribution in [3.8, 4) is 11.5 Å². The van der Waals surface area contributed by atoms with Crippen LogP contribution >= 0.6 is 11.6 Å². The Labute approximate surface area is 149 Å². The van der Waals surface area contributed by atoms with Crippen molar-refractivity contribution in [3.05, 3.63) is 58.6 Å². The van der Waals surface area contributed by atoms with Gasteiger partial charge in [0.1, 0.15) is 0 Å². The van der Waals surface area contributed by atoms with Gasteiger partial charge in [0, 0.05) is 11.1 Å². The van der Waals surface area contributed by atoms with Gasteiger partial charge in [-0.25, -0.2) is 4.79 Å². The van der Waals surface area contributed by atoms with Gasteiger partial charge < -0.3 is 19.9 Å². The highest BCUT2D eigenvalue weighted by atomic mass is 35.5. The highest BCUT2D eigenvalue weighted by Crippen LogP contribution is 2.28. The molecule has 0 aliphatic rings. The monoisotopic (exact) mass is 361 g/mol. The molecule has 0 fully saturated rings. The minimum Gasteiger partial charge on any atom is -0.493 e. The van der Waals surface area contributed by atoms with Crippen LogP contribution in [0, 0.1) is 0 Å². The summed E-state index contributed by atoms with van der Waals surface area (Å²) in [5, 5.41) is 12.0. The van der Waals surface area contributed by atoms with Gasteiger partial charge in [-0.15, -0.1) is 0 Å². The van der Waals surface area contributed by atoms with Crippen LogP contribution in [0.4, 0.5) is 5.69 Å². The molecule has 6 nitrogen and oxygen atoms in total. The molecule has 7 heteroatoms. The predicted octanol–water partition coefficient (Wildman–Crippen LogP) is 3.71. The first-order valence-electron chi connectivity index (χ1n) is 7.18. The molecule has 2 rings (SSSR count). The van der Waals surface area contributed by atoms with E-state index < -0.39 is 11.9 Å². The molecule has 130 valence electrons. The fraction of sp³-hybridized carbons (Fsp3) is 0.111. The predicted molar refractivity (Wildman–Crippen MR) is 95.6 cm³/mol. The maximum Gasteiger partial charge on any atom is 0.337 e. The smallest absolute Gasteiger partial charge is 0.337 e. The van der Waals surface area contributed by atoms with Crippen LogP contribution in [0.15, 0.2) is 42.5 Å². The number of carboxylic acids is 1. The number of benzene rings is 2. The van der Waals surface area contributed by atoms with Crippen molar-refractivity contribution < 1.29 is 24.2 Å². The Hall–Kier alpha value is -2.99. The molecule has 2 aromatic carbocycles. The van der Waals surface area contributed by atoms with Crippen molar-refractivity contribution in [2.75, 3.05) is 19.5 Å². The van der Waals surface area contributed by atoms with E-state index in [1.54, 1.807) is 24.3 Å². The molecule has 0 aliphatic heterocycles. The van der Waals surface area contributed by atoms with E-state index in [9.17, 15) is 9.59 Å². The fourth-order valence-corrected chi connectivity index (χ4v) is 2.28. The third-order valence-corrected chi connectivity index (χ3v) is 3.54. The number of carbonyl (C=O) groups excluding carboxylic acids is 1. The summed E-state index contributed by atoms with van der Waals surface area (Å²) >= 11 is 5.85. The van der Waals surface area contributed by atoms with Crippen LogP contribution in [0.25, 0.3) is 6.08 Å². The van der Waals surface area contributed by atoms with Crippen LogP contribution in [-0.4, -0.2) is 31.2 Å². The minimum absolute atomic E-state index is 0.0442. The first kappa shape index (κ1) is 18.4. The molecule has 0 saturated carbocycles. The summed E-state index contributed by atoms with van der Waals surface area (Å²) in [7, 11) is 3.05. The Balaban J connectivity index is 2.17. The topological polar surface area (TPSA) is 84.9 Å². The number of amides is 1. The summed E-state index contributed by atoms with van der Waals surface area (Å²) in [4.78, 5) is 23.2. The Morgan fingerprint density at radius 1 is 1.08 bits per heavy atom. The molecule has 0 unspecified atom stereocenters. The number of halogens is 1. The fourth-order valence-electron chi connectivity index (χ4n) is 2.11. The van der Waals surface area contributed by atoms with Crippen molar-refractivity contribution in [2.24, 2.45) is 0 Å². The molecule has 0 heterocycles. The van der Waals surface area contributed by atoms with Crippen molar-refractivity contribution in [1.29, 1.82) is 0 Å². The van der Waals surface area contributed by atoms with Gasteiger partial charge in [0.2, 0.25) is 5.91 Å². The second kappa shape index (κ2) is 8.21. The number of carboxylic acid groups (broad SMARTS) is 1. The minimum atomic E-state index is -1.16. The van der Waals surface area contributed by atoms with E-state index >= 15 is 0 Å². The number of aromatic carboxylic acids is 1. The van der Waals surface area contributed by atoms with Crippen molar-refractivity contribution in [2.45, 2.75) is 0 Å². The Kier molecular flexibility index (Phi) is 6.03. The first-order chi connectivity index (χ1) is 11.9. The standard InChI is InChI=1S/C18H16ClNO5/c1-24-15-7-3-11(9-16(15)25-2)4-8-17(21)20-14-10-12(19)5-6-13(14)18(22)23/h3-10H,1-2H3,(H,20,21)(H,22,23). The molecule has 0 atom stereocenters. The SMILES string of the molecule is COc1ccc(C=CC(=O)Nc2cc(Cl)ccc2C(=O)O)cc1OC. The summed E-state index contributed by atoms with van der Waals surface area (Å²) in [5.41, 5.74) is 0.802. The lowest BCUT2D eigenvalue weighted by Gasteiger charge is -2.08. The van der Waals surface area contributed by atoms with E-state index in [1.165, 1.54) is 38.5 Å². The van der Waals surface area contributed by atoms with E-state index in [0.717, 1.165) is 5.56 Å². The number of methoxy groups -OCH3 is 2. The van der Waals surface area contributed by atoms with Crippen molar-refractivity contribution in [1.82, 2.24) is 0 Å². The number of hydrogen-bond acceptors (Lipinski definition) is 4. The summed E-state index contributed by atoms with van der Waals surface area (Å²) in [6.45, 7) is 0. The number of hydrogen-bond donors (Lipinski definition) is 2. The van der Waals surface area contributed by atoms with Gasteiger partial charge in [-0.1, -0.05) is 17.7 Å². The van der Waals surface area contributed by atoms with E-state index in [1.807, 2.05) is 0 Å². The highest BCUT2D eigenvalue weighted by Gasteiger charge is 2.12. The van der Waals surface area contributed by atoms with E-state index in [0.29, 0.717) is 16.5 Å². The second-order valence-corrected chi connectivity index (χ2v) is 5.37. The molecule has 25 heavy (non-hydrogen) atoms. The Bertz CT molecular complexity index is 832. The molecule has 2 aromatic rings. The number of anilines is 1. The molecular formula is C18H16ClNO5. The molecule has 0 aliphatic carbocycles. The summed E-state index contributed by atoms with van der Waals surface area (Å²) < 4.78 is 10.3. The second-order valence-electron chi connectivity index (χ2n) is 4.93. The van der Waals surface area contributed by atoms with Crippen molar-refractivity contribution >= 4 is 35.2 Å². The third-order valence-electron chi connectivity index (χ3n) is 3.30. The zero-order chi connectivity index (χ0) is 18.4. The molecule has 0 aromatic heterocycles. The number of ether oxygens (including phenoxy) is 2. The maximum absolute atomic E-state index is 12.1. The molecule has 2 N–H and O–H groups in total. The molecule has 1 amide bonds. The van der Waals surface area contributed by atoms with Gasteiger partial charge >= 0.3 is 5.97 Å². The van der Waals surface area contributed by atoms with Gasteiger partial charge in [0.05, 0.1) is 25.5 Å². The Morgan fingerprint density at radius 2 is 1.80 bits per heavy atom. The van der Waals surface area contributed by atoms with Crippen LogP contribution in [0.2, 0.25) is 5.02 Å². The van der Waals surface area contributed by atoms with Crippen LogP contribution in [0.5, 0.6) is 11.5 Å². The van der Waals surface area contributed by atoms with Gasteiger partial charge in [-0.05, 0) is 42.0 Å². The quantitative estimate of drug-likeness (QED) is 0.766. The zero-order valence-electron chi connectivity index (χ0n) is 13.6. The van der Waals surface area contributed by atoms with E-state index in [2.05, 4.69) is 5.32 Å². The lowest BCUT2D eigenvalue weighted by Crippen LogP contribution is -2.12. The summed E-state index contributed by atoms with van der Waals surface area (Å²) in [6, 6.07) is 9.35. The molecule has 0 radical (unpaired) electrons. The van der Waals surface area contributed by atoms with Crippen LogP contribution in [0.1, 0.15) is 15.9 Å². The molecule has 0 bridgehead atoms. The lowest BCUT2D eigenvalue weighted by atomic mass is 10.1. The van der Waals surface area contributed by atoms with Crippen LogP contribution in [-0.2, 0) is 4.79 Å². The molecule has 0 spiro atoms. The highest BCUT2D eigenvalue weighted by molar-refractivity contribution is 6.31. The zero-order valence-corrected chi connectivity index (χ0v) is 14.3. The van der Waals surface area contributed by atoms with E-state index in [4.69, 9.17) is 26.2 Å². The third kappa shape index (κ3) is 4.74. The van der Waals surface area contributed by atoms with Gasteiger partial charge in [0.15, 0.2) is 11.5 Å². The molecular weight excluding hydrogens is 346 g/mol. The normalized spacial score (nSPS) is 10.5. The average molecular weight is 362 g/mol. The Morgan fingerprint density at radius 3 is 2.44 bits per heavy atom. The van der Waals surface area contributed by atoms with Crippen molar-refractivity contribution in [3.63, 3.8) is 0 Å². The number of carbonyl (C=O) groups is 2. The lowest BCUT2D eigenvalue weighted by molar-refractivity contribution is -0.111. The average Bonchev–Trinajstić information content (AvgIpc) is 2.59. The largest absolute Gasteiger partial charge is 0.493 e. The van der Waals surface area contributed by atoms with E-state index in [-0.39, 0.29) is 11.3 Å². The number of nitrogens with one attached hydrogen (secondary N) is 1. The maximum atomic E-state index is 12.1. The number of rotatable bonds is 6. The summed E-state index contributed by atoms with van der Waals surface area (Å²) in [5.74, 6) is -0.530. The molecule has 0 saturated heterocycles. The van der Waals surface area contributed by atoms with Gasteiger partial charge in [0.25, 0.3) is 0 Å². The van der Waals surface area contributed by atoms with Crippen LogP contribution in [0.3, 0.4) is 0 Å².